The van der Waals surface area contributed by atoms with Crippen molar-refractivity contribution in [1.29, 1.82) is 0 Å². The van der Waals surface area contributed by atoms with Crippen LogP contribution in [0.3, 0.4) is 0 Å². The summed E-state index contributed by atoms with van der Waals surface area (Å²) < 4.78 is 6.97. The second-order valence-corrected chi connectivity index (χ2v) is 16.0. The number of hydrogen-bond donors (Lipinski definition) is 0. The van der Waals surface area contributed by atoms with Crippen molar-refractivity contribution in [3.05, 3.63) is 259 Å². The van der Waals surface area contributed by atoms with Gasteiger partial charge in [0, 0.05) is 33.3 Å². The lowest BCUT2D eigenvalue weighted by Crippen LogP contribution is -2.32. The first-order valence-corrected chi connectivity index (χ1v) is 21.0. The SMILES string of the molecule is c1ccc(-c2ccc(N(c3ccc(-c4ccccc4)cc3-c3ccccc3)c3cccc4c3-c3ccccc3C43c4ccccc4Oc4c3ccc3ccccc43)cc2)cc1. The summed E-state index contributed by atoms with van der Waals surface area (Å²) in [6.45, 7) is 0. The number of hydrogen-bond acceptors (Lipinski definition) is 2. The molecule has 10 aromatic carbocycles. The molecule has 1 heterocycles. The van der Waals surface area contributed by atoms with Crippen molar-refractivity contribution in [2.75, 3.05) is 4.90 Å². The number of fused-ring (bicyclic) bond motifs is 11. The molecule has 0 saturated carbocycles. The maximum Gasteiger partial charge on any atom is 0.140 e. The maximum absolute atomic E-state index is 6.97. The van der Waals surface area contributed by atoms with Crippen LogP contribution in [0.2, 0.25) is 0 Å². The molecule has 0 fully saturated rings. The van der Waals surface area contributed by atoms with E-state index in [-0.39, 0.29) is 0 Å². The molecule has 1 spiro atoms. The quantitative estimate of drug-likeness (QED) is 0.167. The molecule has 12 rings (SSSR count). The standard InChI is InChI=1S/C59H39NO/c1-4-17-40(18-5-1)42-31-35-46(36-32-42)60(54-38-34-45(41-19-6-2-7-20-41)39-49(54)43-21-8-3-9-22-43)55-29-16-28-52-57(55)48-25-12-13-26-50(48)59(52)51-27-14-15-30-56(51)61-58-47-24-11-10-23-44(47)33-37-53(58)59/h1-39H. The van der Waals surface area contributed by atoms with E-state index in [2.05, 4.69) is 241 Å². The van der Waals surface area contributed by atoms with E-state index in [1.165, 1.54) is 44.5 Å². The molecular weight excluding hydrogens is 739 g/mol. The first kappa shape index (κ1) is 35.0. The minimum atomic E-state index is -0.627. The molecule has 0 radical (unpaired) electrons. The normalized spacial score (nSPS) is 14.4. The Kier molecular flexibility index (Phi) is 8.11. The highest BCUT2D eigenvalue weighted by Gasteiger charge is 2.52. The summed E-state index contributed by atoms with van der Waals surface area (Å²) in [4.78, 5) is 2.49. The van der Waals surface area contributed by atoms with E-state index in [1.807, 2.05) is 0 Å². The zero-order valence-corrected chi connectivity index (χ0v) is 33.4. The van der Waals surface area contributed by atoms with E-state index in [4.69, 9.17) is 4.74 Å². The Labute approximate surface area is 356 Å². The third-order valence-electron chi connectivity index (χ3n) is 12.7. The first-order chi connectivity index (χ1) is 30.3. The lowest BCUT2D eigenvalue weighted by atomic mass is 9.65. The Morgan fingerprint density at radius 1 is 0.344 bits per heavy atom. The predicted molar refractivity (Wildman–Crippen MR) is 252 cm³/mol. The van der Waals surface area contributed by atoms with Gasteiger partial charge in [0.25, 0.3) is 0 Å². The van der Waals surface area contributed by atoms with Crippen LogP contribution in [0.1, 0.15) is 22.3 Å². The summed E-state index contributed by atoms with van der Waals surface area (Å²) in [6.07, 6.45) is 0. The van der Waals surface area contributed by atoms with Gasteiger partial charge in [0.2, 0.25) is 0 Å². The molecule has 286 valence electrons. The molecule has 2 heteroatoms. The topological polar surface area (TPSA) is 12.5 Å². The van der Waals surface area contributed by atoms with Crippen LogP contribution in [0.5, 0.6) is 11.5 Å². The Morgan fingerprint density at radius 2 is 0.934 bits per heavy atom. The van der Waals surface area contributed by atoms with Gasteiger partial charge in [-0.2, -0.15) is 0 Å². The summed E-state index contributed by atoms with van der Waals surface area (Å²) in [5, 5.41) is 2.27. The summed E-state index contributed by atoms with van der Waals surface area (Å²) in [6, 6.07) is 85.9. The van der Waals surface area contributed by atoms with Gasteiger partial charge in [0.15, 0.2) is 0 Å². The number of benzene rings is 10. The van der Waals surface area contributed by atoms with Crippen LogP contribution in [0.25, 0.3) is 55.3 Å². The van der Waals surface area contributed by atoms with Crippen molar-refractivity contribution in [3.63, 3.8) is 0 Å². The average molecular weight is 778 g/mol. The van der Waals surface area contributed by atoms with Crippen molar-refractivity contribution >= 4 is 27.8 Å². The Hall–Kier alpha value is -7.94. The molecule has 0 aromatic heterocycles. The Morgan fingerprint density at radius 3 is 1.70 bits per heavy atom. The van der Waals surface area contributed by atoms with Crippen LogP contribution < -0.4 is 9.64 Å². The highest BCUT2D eigenvalue weighted by molar-refractivity contribution is 6.02. The van der Waals surface area contributed by atoms with Crippen molar-refractivity contribution in [2.45, 2.75) is 5.41 Å². The van der Waals surface area contributed by atoms with E-state index < -0.39 is 5.41 Å². The molecule has 0 saturated heterocycles. The first-order valence-electron chi connectivity index (χ1n) is 21.0. The fourth-order valence-electron chi connectivity index (χ4n) is 10.1. The lowest BCUT2D eigenvalue weighted by Gasteiger charge is -2.40. The van der Waals surface area contributed by atoms with Gasteiger partial charge in [-0.05, 0) is 86.3 Å². The minimum Gasteiger partial charge on any atom is -0.456 e. The van der Waals surface area contributed by atoms with Gasteiger partial charge in [-0.15, -0.1) is 0 Å². The third kappa shape index (κ3) is 5.43. The molecule has 2 nitrogen and oxygen atoms in total. The van der Waals surface area contributed by atoms with Crippen LogP contribution in [-0.4, -0.2) is 0 Å². The van der Waals surface area contributed by atoms with Gasteiger partial charge >= 0.3 is 0 Å². The number of nitrogens with zero attached hydrogens (tertiary/aromatic N) is 1. The number of ether oxygens (including phenoxy) is 1. The van der Waals surface area contributed by atoms with Crippen LogP contribution >= 0.6 is 0 Å². The summed E-state index contributed by atoms with van der Waals surface area (Å²) in [5.74, 6) is 1.80. The van der Waals surface area contributed by atoms with Crippen molar-refractivity contribution < 1.29 is 4.74 Å². The Bertz CT molecular complexity index is 3270. The molecule has 1 aliphatic carbocycles. The van der Waals surface area contributed by atoms with Gasteiger partial charge in [0.05, 0.1) is 16.8 Å². The smallest absolute Gasteiger partial charge is 0.140 e. The minimum absolute atomic E-state index is 0.627. The van der Waals surface area contributed by atoms with E-state index in [9.17, 15) is 0 Å². The van der Waals surface area contributed by atoms with Crippen LogP contribution in [0.4, 0.5) is 17.1 Å². The second kappa shape index (κ2) is 14.1. The molecule has 0 bridgehead atoms. The van der Waals surface area contributed by atoms with Gasteiger partial charge in [-0.1, -0.05) is 200 Å². The van der Waals surface area contributed by atoms with Gasteiger partial charge < -0.3 is 9.64 Å². The highest BCUT2D eigenvalue weighted by atomic mass is 16.5. The van der Waals surface area contributed by atoms with E-state index >= 15 is 0 Å². The van der Waals surface area contributed by atoms with E-state index in [1.54, 1.807) is 0 Å². The number of anilines is 3. The molecule has 0 N–H and O–H groups in total. The van der Waals surface area contributed by atoms with E-state index in [0.717, 1.165) is 61.6 Å². The van der Waals surface area contributed by atoms with Crippen LogP contribution in [-0.2, 0) is 5.41 Å². The zero-order valence-electron chi connectivity index (χ0n) is 33.4. The zero-order chi connectivity index (χ0) is 40.3. The van der Waals surface area contributed by atoms with Gasteiger partial charge in [0.1, 0.15) is 11.5 Å². The van der Waals surface area contributed by atoms with Crippen molar-refractivity contribution in [1.82, 2.24) is 0 Å². The number of rotatable bonds is 6. The maximum atomic E-state index is 6.97. The van der Waals surface area contributed by atoms with Crippen molar-refractivity contribution in [3.8, 4) is 56.0 Å². The molecule has 2 aliphatic rings. The van der Waals surface area contributed by atoms with Gasteiger partial charge in [-0.3, -0.25) is 0 Å². The molecule has 10 aromatic rings. The molecule has 1 unspecified atom stereocenters. The monoisotopic (exact) mass is 777 g/mol. The van der Waals surface area contributed by atoms with Crippen molar-refractivity contribution in [2.24, 2.45) is 0 Å². The third-order valence-corrected chi connectivity index (χ3v) is 12.7. The highest BCUT2D eigenvalue weighted by Crippen LogP contribution is 2.65. The van der Waals surface area contributed by atoms with Crippen LogP contribution in [0.15, 0.2) is 237 Å². The Balaban J connectivity index is 1.16. The molecular formula is C59H39NO. The molecule has 1 aliphatic heterocycles. The molecule has 0 amide bonds. The fourth-order valence-corrected chi connectivity index (χ4v) is 10.1. The van der Waals surface area contributed by atoms with E-state index in [0.29, 0.717) is 0 Å². The fraction of sp³-hybridized carbons (Fsp3) is 0.0169. The summed E-state index contributed by atoms with van der Waals surface area (Å²) in [5.41, 5.74) is 17.0. The summed E-state index contributed by atoms with van der Waals surface area (Å²) in [7, 11) is 0. The molecule has 61 heavy (non-hydrogen) atoms. The largest absolute Gasteiger partial charge is 0.456 e. The lowest BCUT2D eigenvalue weighted by molar-refractivity contribution is 0.441. The van der Waals surface area contributed by atoms with Gasteiger partial charge in [-0.25, -0.2) is 0 Å². The summed E-state index contributed by atoms with van der Waals surface area (Å²) >= 11 is 0. The number of para-hydroxylation sites is 1. The second-order valence-electron chi connectivity index (χ2n) is 16.0. The molecule has 1 atom stereocenters. The predicted octanol–water partition coefficient (Wildman–Crippen LogP) is 15.8. The van der Waals surface area contributed by atoms with Crippen LogP contribution in [0, 0.1) is 0 Å². The average Bonchev–Trinajstić information content (AvgIpc) is 3.64.